The van der Waals surface area contributed by atoms with E-state index in [1.54, 1.807) is 20.8 Å². The van der Waals surface area contributed by atoms with Gasteiger partial charge in [-0.15, -0.1) is 0 Å². The Morgan fingerprint density at radius 1 is 1.28 bits per heavy atom. The molecule has 9 nitrogen and oxygen atoms in total. The van der Waals surface area contributed by atoms with E-state index in [4.69, 9.17) is 4.52 Å². The Bertz CT molecular complexity index is 1100. The minimum absolute atomic E-state index is 0.0830. The molecule has 1 aliphatic heterocycles. The molecule has 29 heavy (non-hydrogen) atoms. The van der Waals surface area contributed by atoms with Crippen LogP contribution in [0.2, 0.25) is 0 Å². The summed E-state index contributed by atoms with van der Waals surface area (Å²) in [5.74, 6) is -0.175. The Morgan fingerprint density at radius 3 is 2.55 bits per heavy atom. The molecule has 2 aromatic rings. The van der Waals surface area contributed by atoms with Gasteiger partial charge in [-0.1, -0.05) is 18.0 Å². The summed E-state index contributed by atoms with van der Waals surface area (Å²) in [5, 5.41) is 6.97. The molecule has 2 amide bonds. The minimum Gasteiger partial charge on any atom is -0.340 e. The Balaban J connectivity index is 1.68. The first-order valence-electron chi connectivity index (χ1n) is 9.52. The van der Waals surface area contributed by atoms with Crippen molar-refractivity contribution in [1.29, 1.82) is 0 Å². The summed E-state index contributed by atoms with van der Waals surface area (Å²) in [4.78, 5) is 29.6. The van der Waals surface area contributed by atoms with E-state index in [0.29, 0.717) is 24.6 Å². The summed E-state index contributed by atoms with van der Waals surface area (Å²) in [6, 6.07) is 3.62. The number of rotatable bonds is 4. The van der Waals surface area contributed by atoms with Gasteiger partial charge in [-0.3, -0.25) is 9.59 Å². The van der Waals surface area contributed by atoms with Gasteiger partial charge in [0, 0.05) is 18.5 Å². The highest BCUT2D eigenvalue weighted by molar-refractivity contribution is 7.90. The van der Waals surface area contributed by atoms with Crippen LogP contribution >= 0.6 is 0 Å². The van der Waals surface area contributed by atoms with Crippen LogP contribution in [0, 0.1) is 6.92 Å². The van der Waals surface area contributed by atoms with Gasteiger partial charge in [-0.25, -0.2) is 12.7 Å². The van der Waals surface area contributed by atoms with Crippen LogP contribution in [0.1, 0.15) is 72.0 Å². The summed E-state index contributed by atoms with van der Waals surface area (Å²) >= 11 is 0. The van der Waals surface area contributed by atoms with E-state index in [1.807, 2.05) is 0 Å². The van der Waals surface area contributed by atoms with Crippen LogP contribution in [-0.2, 0) is 15.6 Å². The van der Waals surface area contributed by atoms with E-state index in [9.17, 15) is 18.0 Å². The Labute approximate surface area is 168 Å². The predicted molar refractivity (Wildman–Crippen MR) is 102 cm³/mol. The second-order valence-corrected chi connectivity index (χ2v) is 9.57. The number of sulfonamides is 1. The monoisotopic (exact) mass is 418 g/mol. The van der Waals surface area contributed by atoms with Gasteiger partial charge >= 0.3 is 0 Å². The van der Waals surface area contributed by atoms with Crippen molar-refractivity contribution in [3.63, 3.8) is 0 Å². The lowest BCUT2D eigenvalue weighted by molar-refractivity contribution is 0.0843. The first-order valence-corrected chi connectivity index (χ1v) is 11.0. The third-order valence-corrected chi connectivity index (χ3v) is 7.44. The number of carbonyl (C=O) groups is 2. The Hall–Kier alpha value is -2.75. The zero-order valence-electron chi connectivity index (χ0n) is 16.4. The summed E-state index contributed by atoms with van der Waals surface area (Å²) in [6.45, 7) is 4.95. The van der Waals surface area contributed by atoms with E-state index < -0.39 is 33.4 Å². The van der Waals surface area contributed by atoms with Crippen molar-refractivity contribution in [3.05, 3.63) is 41.0 Å². The first-order chi connectivity index (χ1) is 13.7. The van der Waals surface area contributed by atoms with Crippen molar-refractivity contribution < 1.29 is 22.5 Å². The van der Waals surface area contributed by atoms with E-state index >= 15 is 0 Å². The van der Waals surface area contributed by atoms with Crippen LogP contribution < -0.4 is 5.32 Å². The van der Waals surface area contributed by atoms with E-state index in [0.717, 1.165) is 17.1 Å². The molecule has 4 rings (SSSR count). The molecular formula is C19H22N4O5S. The van der Waals surface area contributed by atoms with Gasteiger partial charge in [0.1, 0.15) is 10.4 Å². The summed E-state index contributed by atoms with van der Waals surface area (Å²) in [6.07, 6.45) is 3.15. The highest BCUT2D eigenvalue weighted by atomic mass is 32.2. The van der Waals surface area contributed by atoms with E-state index in [1.165, 1.54) is 18.2 Å². The maximum absolute atomic E-state index is 13.0. The number of hydrogen-bond donors (Lipinski definition) is 1. The van der Waals surface area contributed by atoms with Gasteiger partial charge in [-0.05, 0) is 44.9 Å². The molecule has 0 atom stereocenters. The van der Waals surface area contributed by atoms with Crippen molar-refractivity contribution >= 4 is 21.8 Å². The molecule has 1 N–H and O–H groups in total. The smallest absolute Gasteiger partial charge is 0.269 e. The maximum Gasteiger partial charge on any atom is 0.269 e. The highest BCUT2D eigenvalue weighted by Crippen LogP contribution is 2.38. The topological polar surface area (TPSA) is 122 Å². The summed E-state index contributed by atoms with van der Waals surface area (Å²) in [5.41, 5.74) is -0.496. The van der Waals surface area contributed by atoms with Gasteiger partial charge < -0.3 is 9.84 Å². The molecule has 154 valence electrons. The molecule has 1 aromatic carbocycles. The molecule has 1 aliphatic carbocycles. The van der Waals surface area contributed by atoms with Gasteiger partial charge in [0.15, 0.2) is 5.82 Å². The number of carbonyl (C=O) groups excluding carboxylic acids is 2. The summed E-state index contributed by atoms with van der Waals surface area (Å²) in [7, 11) is -3.98. The molecule has 0 radical (unpaired) electrons. The number of fused-ring (bicyclic) bond motifs is 1. The lowest BCUT2D eigenvalue weighted by atomic mass is 9.95. The lowest BCUT2D eigenvalue weighted by Gasteiger charge is -2.26. The largest absolute Gasteiger partial charge is 0.340 e. The Morgan fingerprint density at radius 2 is 1.97 bits per heavy atom. The minimum atomic E-state index is -3.98. The number of nitrogens with zero attached hydrogens (tertiary/aromatic N) is 3. The van der Waals surface area contributed by atoms with Crippen molar-refractivity contribution in [1.82, 2.24) is 19.8 Å². The van der Waals surface area contributed by atoms with Crippen LogP contribution in [0.5, 0.6) is 0 Å². The van der Waals surface area contributed by atoms with Gasteiger partial charge in [0.05, 0.1) is 5.56 Å². The first kappa shape index (κ1) is 19.6. The normalized spacial score (nSPS) is 19.6. The van der Waals surface area contributed by atoms with Crippen molar-refractivity contribution in [2.24, 2.45) is 0 Å². The average molecular weight is 418 g/mol. The molecule has 0 bridgehead atoms. The molecule has 1 fully saturated rings. The molecule has 2 heterocycles. The van der Waals surface area contributed by atoms with Crippen LogP contribution in [0.3, 0.4) is 0 Å². The van der Waals surface area contributed by atoms with Crippen LogP contribution in [-0.4, -0.2) is 40.7 Å². The van der Waals surface area contributed by atoms with Gasteiger partial charge in [-0.2, -0.15) is 4.98 Å². The average Bonchev–Trinajstić information content (AvgIpc) is 3.34. The Kier molecular flexibility index (Phi) is 4.49. The van der Waals surface area contributed by atoms with Crippen LogP contribution in [0.15, 0.2) is 27.6 Å². The second-order valence-electron chi connectivity index (χ2n) is 7.79. The molecule has 10 heteroatoms. The van der Waals surface area contributed by atoms with E-state index in [-0.39, 0.29) is 16.0 Å². The van der Waals surface area contributed by atoms with Crippen LogP contribution in [0.25, 0.3) is 0 Å². The molecular weight excluding hydrogens is 396 g/mol. The third kappa shape index (κ3) is 3.02. The molecule has 0 unspecified atom stereocenters. The fourth-order valence-corrected chi connectivity index (χ4v) is 5.86. The van der Waals surface area contributed by atoms with Crippen molar-refractivity contribution in [2.75, 3.05) is 0 Å². The molecule has 1 saturated carbocycles. The zero-order chi connectivity index (χ0) is 21.0. The van der Waals surface area contributed by atoms with Crippen LogP contribution in [0.4, 0.5) is 0 Å². The molecule has 0 spiro atoms. The molecule has 2 aliphatic rings. The number of amides is 2. The number of nitrogens with one attached hydrogen (secondary N) is 1. The highest BCUT2D eigenvalue weighted by Gasteiger charge is 2.44. The van der Waals surface area contributed by atoms with Crippen molar-refractivity contribution in [2.45, 2.75) is 62.9 Å². The predicted octanol–water partition coefficient (Wildman–Crippen LogP) is 2.13. The summed E-state index contributed by atoms with van der Waals surface area (Å²) < 4.78 is 31.5. The molecule has 0 saturated heterocycles. The third-order valence-electron chi connectivity index (χ3n) is 5.45. The quantitative estimate of drug-likeness (QED) is 0.807. The second kappa shape index (κ2) is 6.65. The van der Waals surface area contributed by atoms with Gasteiger partial charge in [0.25, 0.3) is 21.8 Å². The number of benzene rings is 1. The standard InChI is InChI=1S/C19H22N4O5S/c1-11(2)23-17(25)14-7-6-13(10-15(14)29(23,26)27)16(24)21-19(8-4-5-9-19)18-20-12(3)28-22-18/h6-7,10-11H,4-5,8-9H2,1-3H3,(H,21,24). The fourth-order valence-electron chi connectivity index (χ4n) is 4.07. The zero-order valence-corrected chi connectivity index (χ0v) is 17.2. The fraction of sp³-hybridized carbons (Fsp3) is 0.474. The number of hydrogen-bond acceptors (Lipinski definition) is 7. The maximum atomic E-state index is 13.0. The number of aryl methyl sites for hydroxylation is 1. The van der Waals surface area contributed by atoms with Crippen molar-refractivity contribution in [3.8, 4) is 0 Å². The molecule has 1 aromatic heterocycles. The van der Waals surface area contributed by atoms with Gasteiger partial charge in [0.2, 0.25) is 5.89 Å². The lowest BCUT2D eigenvalue weighted by Crippen LogP contribution is -2.44. The SMILES string of the molecule is Cc1nc(C2(NC(=O)c3ccc4c(c3)S(=O)(=O)N(C(C)C)C4=O)CCCC2)no1. The van der Waals surface area contributed by atoms with E-state index in [2.05, 4.69) is 15.5 Å². The number of aromatic nitrogens is 2.